The van der Waals surface area contributed by atoms with Crippen LogP contribution >= 0.6 is 0 Å². The summed E-state index contributed by atoms with van der Waals surface area (Å²) < 4.78 is 5.07. The average Bonchev–Trinajstić information content (AvgIpc) is 2.89. The van der Waals surface area contributed by atoms with Gasteiger partial charge >= 0.3 is 0 Å². The molecule has 0 aliphatic rings. The van der Waals surface area contributed by atoms with Gasteiger partial charge in [-0.15, -0.1) is 0 Å². The summed E-state index contributed by atoms with van der Waals surface area (Å²) in [5, 5.41) is 0. The molecule has 2 aromatic rings. The molecule has 0 saturated heterocycles. The van der Waals surface area contributed by atoms with E-state index in [4.69, 9.17) is 10.2 Å². The van der Waals surface area contributed by atoms with E-state index in [1.54, 1.807) is 12.5 Å². The highest BCUT2D eigenvalue weighted by molar-refractivity contribution is 5.27. The molecule has 0 amide bonds. The Hall–Kier alpha value is -1.58. The predicted octanol–water partition coefficient (Wildman–Crippen LogP) is 2.41. The second-order valence-electron chi connectivity index (χ2n) is 4.59. The van der Waals surface area contributed by atoms with Gasteiger partial charge < -0.3 is 15.1 Å². The molecule has 0 bridgehead atoms. The van der Waals surface area contributed by atoms with Crippen molar-refractivity contribution in [3.05, 3.63) is 59.5 Å². The van der Waals surface area contributed by atoms with Crippen LogP contribution in [-0.4, -0.2) is 18.5 Å². The smallest absolute Gasteiger partial charge is 0.0947 e. The molecule has 1 aromatic carbocycles. The molecule has 18 heavy (non-hydrogen) atoms. The van der Waals surface area contributed by atoms with Crippen LogP contribution in [0.25, 0.3) is 0 Å². The summed E-state index contributed by atoms with van der Waals surface area (Å²) in [6.45, 7) is 2.55. The molecule has 0 radical (unpaired) electrons. The number of nitrogens with zero attached hydrogens (tertiary/aromatic N) is 1. The highest BCUT2D eigenvalue weighted by Crippen LogP contribution is 2.10. The summed E-state index contributed by atoms with van der Waals surface area (Å²) in [5.74, 6) is 0. The lowest BCUT2D eigenvalue weighted by molar-refractivity contribution is 0.329. The van der Waals surface area contributed by atoms with E-state index < -0.39 is 0 Å². The van der Waals surface area contributed by atoms with Gasteiger partial charge in [-0.1, -0.05) is 24.3 Å². The molecule has 1 heterocycles. The van der Waals surface area contributed by atoms with Gasteiger partial charge in [-0.25, -0.2) is 0 Å². The van der Waals surface area contributed by atoms with Crippen molar-refractivity contribution in [3.8, 4) is 0 Å². The Kier molecular flexibility index (Phi) is 4.56. The van der Waals surface area contributed by atoms with Crippen LogP contribution in [0.5, 0.6) is 0 Å². The first-order valence-electron chi connectivity index (χ1n) is 6.26. The van der Waals surface area contributed by atoms with Crippen molar-refractivity contribution < 1.29 is 4.42 Å². The zero-order valence-corrected chi connectivity index (χ0v) is 10.8. The molecule has 96 valence electrons. The van der Waals surface area contributed by atoms with Gasteiger partial charge in [-0.2, -0.15) is 0 Å². The second-order valence-corrected chi connectivity index (χ2v) is 4.59. The van der Waals surface area contributed by atoms with Gasteiger partial charge in [0.1, 0.15) is 0 Å². The third-order valence-electron chi connectivity index (χ3n) is 3.13. The number of hydrogen-bond acceptors (Lipinski definition) is 3. The van der Waals surface area contributed by atoms with E-state index in [-0.39, 0.29) is 0 Å². The fraction of sp³-hybridized carbons (Fsp3) is 0.333. The van der Waals surface area contributed by atoms with Gasteiger partial charge in [-0.05, 0) is 30.7 Å². The molecular formula is C15H20N2O. The number of hydrogen-bond donors (Lipinski definition) is 1. The molecule has 0 aliphatic carbocycles. The van der Waals surface area contributed by atoms with Gasteiger partial charge in [0.25, 0.3) is 0 Å². The van der Waals surface area contributed by atoms with Crippen molar-refractivity contribution in [1.82, 2.24) is 4.90 Å². The fourth-order valence-corrected chi connectivity index (χ4v) is 2.09. The van der Waals surface area contributed by atoms with Crippen LogP contribution in [0.3, 0.4) is 0 Å². The highest BCUT2D eigenvalue weighted by atomic mass is 16.3. The SMILES string of the molecule is CN(CCc1ccccc1CN)Cc1ccoc1. The molecule has 0 fully saturated rings. The van der Waals surface area contributed by atoms with Gasteiger partial charge in [0, 0.05) is 25.2 Å². The number of benzene rings is 1. The highest BCUT2D eigenvalue weighted by Gasteiger charge is 2.04. The van der Waals surface area contributed by atoms with E-state index in [2.05, 4.69) is 30.1 Å². The summed E-state index contributed by atoms with van der Waals surface area (Å²) in [6.07, 6.45) is 4.54. The third kappa shape index (κ3) is 3.45. The van der Waals surface area contributed by atoms with Crippen molar-refractivity contribution in [2.75, 3.05) is 13.6 Å². The molecule has 2 rings (SSSR count). The zero-order chi connectivity index (χ0) is 12.8. The van der Waals surface area contributed by atoms with E-state index in [0.29, 0.717) is 6.54 Å². The van der Waals surface area contributed by atoms with Crippen LogP contribution < -0.4 is 5.73 Å². The first kappa shape index (κ1) is 12.9. The Labute approximate surface area is 108 Å². The Morgan fingerprint density at radius 3 is 2.61 bits per heavy atom. The third-order valence-corrected chi connectivity index (χ3v) is 3.13. The van der Waals surface area contributed by atoms with E-state index in [9.17, 15) is 0 Å². The Bertz CT molecular complexity index is 465. The van der Waals surface area contributed by atoms with E-state index in [0.717, 1.165) is 19.5 Å². The molecule has 0 saturated carbocycles. The topological polar surface area (TPSA) is 42.4 Å². The van der Waals surface area contributed by atoms with Gasteiger partial charge in [-0.3, -0.25) is 0 Å². The minimum absolute atomic E-state index is 0.613. The lowest BCUT2D eigenvalue weighted by Crippen LogP contribution is -2.21. The summed E-state index contributed by atoms with van der Waals surface area (Å²) in [4.78, 5) is 2.29. The lowest BCUT2D eigenvalue weighted by atomic mass is 10.0. The average molecular weight is 244 g/mol. The number of nitrogens with two attached hydrogens (primary N) is 1. The number of likely N-dealkylation sites (N-methyl/N-ethyl adjacent to an activating group) is 1. The summed E-state index contributed by atoms with van der Waals surface area (Å²) in [5.41, 5.74) is 9.54. The Morgan fingerprint density at radius 2 is 1.94 bits per heavy atom. The van der Waals surface area contributed by atoms with Gasteiger partial charge in [0.05, 0.1) is 12.5 Å². The molecule has 3 nitrogen and oxygen atoms in total. The molecule has 0 spiro atoms. The number of rotatable bonds is 6. The Balaban J connectivity index is 1.87. The molecule has 0 aliphatic heterocycles. The number of furan rings is 1. The minimum Gasteiger partial charge on any atom is -0.472 e. The van der Waals surface area contributed by atoms with Crippen molar-refractivity contribution in [1.29, 1.82) is 0 Å². The van der Waals surface area contributed by atoms with E-state index >= 15 is 0 Å². The van der Waals surface area contributed by atoms with Gasteiger partial charge in [0.15, 0.2) is 0 Å². The van der Waals surface area contributed by atoms with Crippen molar-refractivity contribution in [3.63, 3.8) is 0 Å². The van der Waals surface area contributed by atoms with E-state index in [1.807, 2.05) is 12.1 Å². The van der Waals surface area contributed by atoms with Crippen LogP contribution in [0.4, 0.5) is 0 Å². The second kappa shape index (κ2) is 6.38. The molecule has 2 N–H and O–H groups in total. The molecule has 0 unspecified atom stereocenters. The van der Waals surface area contributed by atoms with Crippen molar-refractivity contribution in [2.24, 2.45) is 5.73 Å². The van der Waals surface area contributed by atoms with Crippen LogP contribution in [0.2, 0.25) is 0 Å². The first-order chi connectivity index (χ1) is 8.79. The predicted molar refractivity (Wildman–Crippen MR) is 73.1 cm³/mol. The maximum Gasteiger partial charge on any atom is 0.0947 e. The maximum atomic E-state index is 5.74. The molecule has 3 heteroatoms. The van der Waals surface area contributed by atoms with Crippen molar-refractivity contribution >= 4 is 0 Å². The zero-order valence-electron chi connectivity index (χ0n) is 10.8. The van der Waals surface area contributed by atoms with E-state index in [1.165, 1.54) is 16.7 Å². The molecule has 1 aromatic heterocycles. The van der Waals surface area contributed by atoms with Gasteiger partial charge in [0.2, 0.25) is 0 Å². The Morgan fingerprint density at radius 1 is 1.17 bits per heavy atom. The largest absolute Gasteiger partial charge is 0.472 e. The summed E-state index contributed by atoms with van der Waals surface area (Å²) >= 11 is 0. The summed E-state index contributed by atoms with van der Waals surface area (Å²) in [7, 11) is 2.12. The van der Waals surface area contributed by atoms with Crippen LogP contribution in [-0.2, 0) is 19.5 Å². The fourth-order valence-electron chi connectivity index (χ4n) is 2.09. The molecular weight excluding hydrogens is 224 g/mol. The van der Waals surface area contributed by atoms with Crippen LogP contribution in [0.15, 0.2) is 47.3 Å². The van der Waals surface area contributed by atoms with Crippen LogP contribution in [0.1, 0.15) is 16.7 Å². The first-order valence-corrected chi connectivity index (χ1v) is 6.26. The minimum atomic E-state index is 0.613. The quantitative estimate of drug-likeness (QED) is 0.848. The normalized spacial score (nSPS) is 11.1. The van der Waals surface area contributed by atoms with Crippen molar-refractivity contribution in [2.45, 2.75) is 19.5 Å². The summed E-state index contributed by atoms with van der Waals surface area (Å²) in [6, 6.07) is 10.4. The monoisotopic (exact) mass is 244 g/mol. The van der Waals surface area contributed by atoms with Crippen LogP contribution in [0, 0.1) is 0 Å². The lowest BCUT2D eigenvalue weighted by Gasteiger charge is -2.16. The molecule has 0 atom stereocenters. The standard InChI is InChI=1S/C15H20N2O/c1-17(11-13-7-9-18-12-13)8-6-14-4-2-3-5-15(14)10-16/h2-5,7,9,12H,6,8,10-11,16H2,1H3. The maximum absolute atomic E-state index is 5.74.